The summed E-state index contributed by atoms with van der Waals surface area (Å²) in [4.78, 5) is 0. The van der Waals surface area contributed by atoms with Gasteiger partial charge in [-0.2, -0.15) is 8.42 Å². The summed E-state index contributed by atoms with van der Waals surface area (Å²) in [7, 11) is 4.81. The van der Waals surface area contributed by atoms with Gasteiger partial charge in [0.25, 0.3) is 0 Å². The van der Waals surface area contributed by atoms with E-state index in [2.05, 4.69) is 35.2 Å². The standard InChI is InChI=1S/C16H34.Cl2O2S/c1-3-5-7-9-11-13-15-16-14-12-10-8-6-4-2;1-5(2,3)4/h3-16H2,1-2H3;. The molecular weight excluding hydrogens is 327 g/mol. The highest BCUT2D eigenvalue weighted by molar-refractivity contribution is 8.31. The van der Waals surface area contributed by atoms with Crippen molar-refractivity contribution in [3.63, 3.8) is 0 Å². The Kier molecular flexibility index (Phi) is 21.0. The first-order valence-electron chi connectivity index (χ1n) is 8.56. The Morgan fingerprint density at radius 2 is 0.667 bits per heavy atom. The van der Waals surface area contributed by atoms with Crippen LogP contribution in [0.2, 0.25) is 0 Å². The molecule has 0 saturated carbocycles. The highest BCUT2D eigenvalue weighted by atomic mass is 36.0. The SMILES string of the molecule is CCCCCCCCCCCCCCCC.O=S(=O)(Cl)Cl. The van der Waals surface area contributed by atoms with Crippen LogP contribution in [0, 0.1) is 0 Å². The van der Waals surface area contributed by atoms with Crippen LogP contribution in [0.5, 0.6) is 0 Å². The fourth-order valence-corrected chi connectivity index (χ4v) is 2.27. The molecule has 0 unspecified atom stereocenters. The third-order valence-electron chi connectivity index (χ3n) is 3.46. The summed E-state index contributed by atoms with van der Waals surface area (Å²) in [5, 5.41) is 0. The zero-order chi connectivity index (χ0) is 16.4. The highest BCUT2D eigenvalue weighted by Gasteiger charge is 1.92. The van der Waals surface area contributed by atoms with E-state index in [0.717, 1.165) is 0 Å². The van der Waals surface area contributed by atoms with E-state index in [1.165, 1.54) is 89.9 Å². The monoisotopic (exact) mass is 360 g/mol. The molecule has 0 aliphatic rings. The van der Waals surface area contributed by atoms with Crippen LogP contribution in [-0.2, 0) is 8.26 Å². The van der Waals surface area contributed by atoms with Crippen LogP contribution in [0.1, 0.15) is 104 Å². The lowest BCUT2D eigenvalue weighted by Crippen LogP contribution is -1.82. The molecule has 0 aromatic carbocycles. The summed E-state index contributed by atoms with van der Waals surface area (Å²) >= 11 is 0. The molecule has 0 radical (unpaired) electrons. The lowest BCUT2D eigenvalue weighted by Gasteiger charge is -2.02. The molecule has 0 fully saturated rings. The Hall–Kier alpha value is 0.530. The second-order valence-electron chi connectivity index (χ2n) is 5.62. The lowest BCUT2D eigenvalue weighted by molar-refractivity contribution is 0.538. The van der Waals surface area contributed by atoms with Crippen LogP contribution >= 0.6 is 21.4 Å². The zero-order valence-electron chi connectivity index (χ0n) is 13.9. The number of unbranched alkanes of at least 4 members (excludes halogenated alkanes) is 13. The van der Waals surface area contributed by atoms with Crippen LogP contribution in [-0.4, -0.2) is 8.42 Å². The van der Waals surface area contributed by atoms with Gasteiger partial charge in [0.2, 0.25) is 0 Å². The van der Waals surface area contributed by atoms with E-state index in [9.17, 15) is 0 Å². The maximum absolute atomic E-state index is 9.16. The summed E-state index contributed by atoms with van der Waals surface area (Å²) < 4.78 is 18.3. The van der Waals surface area contributed by atoms with Crippen molar-refractivity contribution < 1.29 is 8.42 Å². The molecule has 0 heterocycles. The van der Waals surface area contributed by atoms with Crippen molar-refractivity contribution in [2.24, 2.45) is 0 Å². The minimum absolute atomic E-state index is 1.37. The third kappa shape index (κ3) is 38.5. The van der Waals surface area contributed by atoms with Crippen molar-refractivity contribution in [2.45, 2.75) is 104 Å². The molecule has 21 heavy (non-hydrogen) atoms. The molecule has 0 spiro atoms. The van der Waals surface area contributed by atoms with E-state index < -0.39 is 8.26 Å². The van der Waals surface area contributed by atoms with Gasteiger partial charge in [0.05, 0.1) is 0 Å². The van der Waals surface area contributed by atoms with Crippen molar-refractivity contribution in [3.05, 3.63) is 0 Å². The Morgan fingerprint density at radius 1 is 0.524 bits per heavy atom. The van der Waals surface area contributed by atoms with Gasteiger partial charge in [-0.05, 0) is 0 Å². The fourth-order valence-electron chi connectivity index (χ4n) is 2.27. The van der Waals surface area contributed by atoms with Gasteiger partial charge in [0.1, 0.15) is 0 Å². The Labute approximate surface area is 141 Å². The maximum atomic E-state index is 9.16. The van der Waals surface area contributed by atoms with E-state index in [1.807, 2.05) is 0 Å². The average molecular weight is 361 g/mol. The van der Waals surface area contributed by atoms with E-state index in [4.69, 9.17) is 8.42 Å². The highest BCUT2D eigenvalue weighted by Crippen LogP contribution is 2.12. The van der Waals surface area contributed by atoms with Gasteiger partial charge in [-0.25, -0.2) is 0 Å². The normalized spacial score (nSPS) is 11.0. The second kappa shape index (κ2) is 18.6. The molecule has 2 nitrogen and oxygen atoms in total. The smallest absolute Gasteiger partial charge is 0.195 e. The first-order valence-corrected chi connectivity index (χ1v) is 11.7. The van der Waals surface area contributed by atoms with Crippen LogP contribution in [0.3, 0.4) is 0 Å². The Bertz CT molecular complexity index is 258. The molecular formula is C16H34Cl2O2S. The fraction of sp³-hybridized carbons (Fsp3) is 1.00. The Balaban J connectivity index is 0. The van der Waals surface area contributed by atoms with Crippen molar-refractivity contribution in [1.29, 1.82) is 0 Å². The molecule has 0 N–H and O–H groups in total. The number of hydrogen-bond donors (Lipinski definition) is 0. The van der Waals surface area contributed by atoms with E-state index >= 15 is 0 Å². The molecule has 0 bridgehead atoms. The van der Waals surface area contributed by atoms with E-state index in [1.54, 1.807) is 0 Å². The van der Waals surface area contributed by atoms with Crippen molar-refractivity contribution >= 4 is 29.6 Å². The molecule has 0 aliphatic heterocycles. The molecule has 0 aliphatic carbocycles. The van der Waals surface area contributed by atoms with E-state index in [-0.39, 0.29) is 0 Å². The predicted molar refractivity (Wildman–Crippen MR) is 96.6 cm³/mol. The van der Waals surface area contributed by atoms with Crippen molar-refractivity contribution in [2.75, 3.05) is 0 Å². The quantitative estimate of drug-likeness (QED) is 0.257. The zero-order valence-corrected chi connectivity index (χ0v) is 16.2. The van der Waals surface area contributed by atoms with Crippen LogP contribution < -0.4 is 0 Å². The summed E-state index contributed by atoms with van der Waals surface area (Å²) in [6.45, 7) is 4.58. The maximum Gasteiger partial charge on any atom is 0.317 e. The second-order valence-corrected chi connectivity index (χ2v) is 9.29. The summed E-state index contributed by atoms with van der Waals surface area (Å²) in [5.74, 6) is 0. The predicted octanol–water partition coefficient (Wildman–Crippen LogP) is 7.20. The van der Waals surface area contributed by atoms with Gasteiger partial charge < -0.3 is 0 Å². The minimum atomic E-state index is -3.72. The third-order valence-corrected chi connectivity index (χ3v) is 3.46. The summed E-state index contributed by atoms with van der Waals surface area (Å²) in [6.07, 6.45) is 20.4. The number of rotatable bonds is 13. The molecule has 0 atom stereocenters. The van der Waals surface area contributed by atoms with E-state index in [0.29, 0.717) is 0 Å². The van der Waals surface area contributed by atoms with Crippen LogP contribution in [0.4, 0.5) is 0 Å². The topological polar surface area (TPSA) is 34.1 Å². The van der Waals surface area contributed by atoms with Crippen molar-refractivity contribution in [1.82, 2.24) is 0 Å². The van der Waals surface area contributed by atoms with Gasteiger partial charge in [-0.3, -0.25) is 0 Å². The molecule has 0 rings (SSSR count). The molecule has 0 aromatic heterocycles. The number of hydrogen-bond acceptors (Lipinski definition) is 2. The van der Waals surface area contributed by atoms with Crippen LogP contribution in [0.25, 0.3) is 0 Å². The van der Waals surface area contributed by atoms with Gasteiger partial charge >= 0.3 is 8.26 Å². The largest absolute Gasteiger partial charge is 0.317 e. The summed E-state index contributed by atoms with van der Waals surface area (Å²) in [6, 6.07) is 0. The van der Waals surface area contributed by atoms with Gasteiger partial charge in [-0.1, -0.05) is 104 Å². The van der Waals surface area contributed by atoms with Gasteiger partial charge in [-0.15, -0.1) is 0 Å². The molecule has 0 amide bonds. The summed E-state index contributed by atoms with van der Waals surface area (Å²) in [5.41, 5.74) is 0. The average Bonchev–Trinajstić information content (AvgIpc) is 2.38. The molecule has 130 valence electrons. The molecule has 0 saturated heterocycles. The minimum Gasteiger partial charge on any atom is -0.195 e. The Morgan fingerprint density at radius 3 is 0.810 bits per heavy atom. The molecule has 0 aromatic rings. The van der Waals surface area contributed by atoms with Gasteiger partial charge in [0.15, 0.2) is 0 Å². The first-order chi connectivity index (χ1) is 9.91. The van der Waals surface area contributed by atoms with Crippen molar-refractivity contribution in [3.8, 4) is 0 Å². The van der Waals surface area contributed by atoms with Gasteiger partial charge in [0, 0.05) is 21.4 Å². The first kappa shape index (κ1) is 23.8. The molecule has 5 heteroatoms. The number of halogens is 2. The lowest BCUT2D eigenvalue weighted by atomic mass is 10.0. The van der Waals surface area contributed by atoms with Crippen LogP contribution in [0.15, 0.2) is 0 Å².